The zero-order valence-corrected chi connectivity index (χ0v) is 15.3. The molecule has 3 amide bonds. The van der Waals surface area contributed by atoms with Crippen molar-refractivity contribution in [2.24, 2.45) is 5.92 Å². The van der Waals surface area contributed by atoms with Crippen LogP contribution < -0.4 is 5.32 Å². The average Bonchev–Trinajstić information content (AvgIpc) is 2.67. The molecular weight excluding hydrogens is 330 g/mol. The highest BCUT2D eigenvalue weighted by Gasteiger charge is 2.39. The van der Waals surface area contributed by atoms with Crippen molar-refractivity contribution in [1.29, 1.82) is 0 Å². The minimum absolute atomic E-state index is 0.00168. The standard InChI is InChI=1S/C20H29N3O3/c24-14-4-12-23-18-10-13-22(15-17(18)7-8-19(23)25)20(26)21-11-9-16-5-2-1-3-6-16/h1-3,5-6,17-18,24H,4,7-15H2,(H,21,26)/t17-,18+/m1/s1. The molecule has 2 atom stereocenters. The molecule has 2 saturated heterocycles. The van der Waals surface area contributed by atoms with E-state index < -0.39 is 0 Å². The molecule has 0 bridgehead atoms. The Labute approximate surface area is 155 Å². The SMILES string of the molecule is O=C(NCCc1ccccc1)N1CC[C@H]2[C@H](CCC(=O)N2CCCO)C1. The molecule has 2 aliphatic rings. The number of carbonyl (C=O) groups excluding carboxylic acids is 2. The van der Waals surface area contributed by atoms with Gasteiger partial charge in [-0.1, -0.05) is 30.3 Å². The molecule has 6 nitrogen and oxygen atoms in total. The molecular formula is C20H29N3O3. The maximum Gasteiger partial charge on any atom is 0.317 e. The predicted octanol–water partition coefficient (Wildman–Crippen LogP) is 1.63. The van der Waals surface area contributed by atoms with Gasteiger partial charge < -0.3 is 20.2 Å². The molecule has 3 rings (SSSR count). The number of amides is 3. The van der Waals surface area contributed by atoms with Crippen LogP contribution in [0.1, 0.15) is 31.2 Å². The normalized spacial score (nSPS) is 22.9. The van der Waals surface area contributed by atoms with Gasteiger partial charge in [0.2, 0.25) is 5.91 Å². The van der Waals surface area contributed by atoms with Crippen LogP contribution in [0.25, 0.3) is 0 Å². The second-order valence-electron chi connectivity index (χ2n) is 7.23. The van der Waals surface area contributed by atoms with Crippen LogP contribution in [0.15, 0.2) is 30.3 Å². The fourth-order valence-electron chi connectivity index (χ4n) is 4.14. The largest absolute Gasteiger partial charge is 0.396 e. The van der Waals surface area contributed by atoms with E-state index >= 15 is 0 Å². The molecule has 0 radical (unpaired) electrons. The van der Waals surface area contributed by atoms with Crippen molar-refractivity contribution in [2.45, 2.75) is 38.1 Å². The van der Waals surface area contributed by atoms with Crippen LogP contribution in [0.5, 0.6) is 0 Å². The number of hydrogen-bond acceptors (Lipinski definition) is 3. The van der Waals surface area contributed by atoms with E-state index in [1.165, 1.54) is 5.56 Å². The van der Waals surface area contributed by atoms with Gasteiger partial charge in [-0.25, -0.2) is 4.79 Å². The third kappa shape index (κ3) is 4.55. The average molecular weight is 359 g/mol. The molecule has 26 heavy (non-hydrogen) atoms. The van der Waals surface area contributed by atoms with Crippen molar-refractivity contribution in [3.05, 3.63) is 35.9 Å². The highest BCUT2D eigenvalue weighted by atomic mass is 16.3. The highest BCUT2D eigenvalue weighted by Crippen LogP contribution is 2.31. The van der Waals surface area contributed by atoms with Gasteiger partial charge in [0.25, 0.3) is 0 Å². The summed E-state index contributed by atoms with van der Waals surface area (Å²) in [6.07, 6.45) is 3.69. The molecule has 0 saturated carbocycles. The first-order valence-electron chi connectivity index (χ1n) is 9.66. The van der Waals surface area contributed by atoms with Crippen LogP contribution in [0.3, 0.4) is 0 Å². The van der Waals surface area contributed by atoms with Crippen LogP contribution in [0.2, 0.25) is 0 Å². The van der Waals surface area contributed by atoms with Gasteiger partial charge in [0.1, 0.15) is 0 Å². The van der Waals surface area contributed by atoms with Gasteiger partial charge >= 0.3 is 6.03 Å². The molecule has 2 fully saturated rings. The van der Waals surface area contributed by atoms with E-state index in [1.807, 2.05) is 28.0 Å². The first-order chi connectivity index (χ1) is 12.7. The zero-order valence-electron chi connectivity index (χ0n) is 15.3. The first-order valence-corrected chi connectivity index (χ1v) is 9.66. The second-order valence-corrected chi connectivity index (χ2v) is 7.23. The molecule has 2 N–H and O–H groups in total. The summed E-state index contributed by atoms with van der Waals surface area (Å²) in [5.74, 6) is 0.542. The first kappa shape index (κ1) is 18.7. The molecule has 1 aromatic carbocycles. The van der Waals surface area contributed by atoms with E-state index in [4.69, 9.17) is 5.11 Å². The Kier molecular flexibility index (Phi) is 6.50. The van der Waals surface area contributed by atoms with E-state index in [0.717, 1.165) is 19.3 Å². The van der Waals surface area contributed by atoms with E-state index in [2.05, 4.69) is 17.4 Å². The fourth-order valence-corrected chi connectivity index (χ4v) is 4.14. The number of nitrogens with zero attached hydrogens (tertiary/aromatic N) is 2. The summed E-state index contributed by atoms with van der Waals surface area (Å²) in [5, 5.41) is 12.1. The Morgan fingerprint density at radius 2 is 2.04 bits per heavy atom. The molecule has 0 aromatic heterocycles. The van der Waals surface area contributed by atoms with Gasteiger partial charge in [0, 0.05) is 45.2 Å². The number of likely N-dealkylation sites (tertiary alicyclic amines) is 2. The van der Waals surface area contributed by atoms with Crippen LogP contribution >= 0.6 is 0 Å². The van der Waals surface area contributed by atoms with Crippen LogP contribution in [0, 0.1) is 5.92 Å². The fraction of sp³-hybridized carbons (Fsp3) is 0.600. The monoisotopic (exact) mass is 359 g/mol. The topological polar surface area (TPSA) is 72.9 Å². The van der Waals surface area contributed by atoms with Gasteiger partial charge in [-0.15, -0.1) is 0 Å². The molecule has 142 valence electrons. The number of piperidine rings is 2. The Hall–Kier alpha value is -2.08. The number of aliphatic hydroxyl groups is 1. The number of fused-ring (bicyclic) bond motifs is 1. The maximum absolute atomic E-state index is 12.5. The van der Waals surface area contributed by atoms with Gasteiger partial charge in [0.05, 0.1) is 0 Å². The maximum atomic E-state index is 12.5. The van der Waals surface area contributed by atoms with Crippen LogP contribution in [-0.4, -0.2) is 65.7 Å². The Balaban J connectivity index is 1.48. The van der Waals surface area contributed by atoms with Crippen molar-refractivity contribution in [1.82, 2.24) is 15.1 Å². The van der Waals surface area contributed by atoms with Gasteiger partial charge in [-0.3, -0.25) is 4.79 Å². The van der Waals surface area contributed by atoms with E-state index in [1.54, 1.807) is 0 Å². The lowest BCUT2D eigenvalue weighted by Gasteiger charge is -2.47. The third-order valence-corrected chi connectivity index (χ3v) is 5.52. The predicted molar refractivity (Wildman–Crippen MR) is 99.7 cm³/mol. The van der Waals surface area contributed by atoms with Crippen molar-refractivity contribution >= 4 is 11.9 Å². The molecule has 0 spiro atoms. The number of aliphatic hydroxyl groups excluding tert-OH is 1. The molecule has 0 unspecified atom stereocenters. The quantitative estimate of drug-likeness (QED) is 0.811. The lowest BCUT2D eigenvalue weighted by Crippen LogP contribution is -2.58. The summed E-state index contributed by atoms with van der Waals surface area (Å²) >= 11 is 0. The summed E-state index contributed by atoms with van der Waals surface area (Å²) in [4.78, 5) is 28.5. The van der Waals surface area contributed by atoms with E-state index in [-0.39, 0.29) is 24.6 Å². The number of urea groups is 1. The molecule has 2 aliphatic heterocycles. The lowest BCUT2D eigenvalue weighted by atomic mass is 9.83. The van der Waals surface area contributed by atoms with Gasteiger partial charge in [-0.2, -0.15) is 0 Å². The molecule has 0 aliphatic carbocycles. The summed E-state index contributed by atoms with van der Waals surface area (Å²) in [7, 11) is 0. The summed E-state index contributed by atoms with van der Waals surface area (Å²) in [6, 6.07) is 10.4. The number of hydrogen-bond donors (Lipinski definition) is 2. The second kappa shape index (κ2) is 9.03. The van der Waals surface area contributed by atoms with Crippen molar-refractivity contribution < 1.29 is 14.7 Å². The van der Waals surface area contributed by atoms with Crippen LogP contribution in [0.4, 0.5) is 4.79 Å². The number of nitrogens with one attached hydrogen (secondary N) is 1. The molecule has 6 heteroatoms. The Morgan fingerprint density at radius 1 is 1.23 bits per heavy atom. The number of rotatable bonds is 6. The van der Waals surface area contributed by atoms with Crippen LogP contribution in [-0.2, 0) is 11.2 Å². The van der Waals surface area contributed by atoms with Crippen molar-refractivity contribution in [2.75, 3.05) is 32.8 Å². The van der Waals surface area contributed by atoms with Gasteiger partial charge in [-0.05, 0) is 37.2 Å². The summed E-state index contributed by atoms with van der Waals surface area (Å²) in [5.41, 5.74) is 1.22. The number of carbonyl (C=O) groups is 2. The summed E-state index contributed by atoms with van der Waals surface area (Å²) < 4.78 is 0. The van der Waals surface area contributed by atoms with Gasteiger partial charge in [0.15, 0.2) is 0 Å². The highest BCUT2D eigenvalue weighted by molar-refractivity contribution is 5.78. The van der Waals surface area contributed by atoms with E-state index in [9.17, 15) is 9.59 Å². The smallest absolute Gasteiger partial charge is 0.317 e. The minimum Gasteiger partial charge on any atom is -0.396 e. The number of benzene rings is 1. The zero-order chi connectivity index (χ0) is 18.4. The molecule has 2 heterocycles. The van der Waals surface area contributed by atoms with E-state index in [0.29, 0.717) is 44.9 Å². The van der Waals surface area contributed by atoms with Crippen molar-refractivity contribution in [3.63, 3.8) is 0 Å². The minimum atomic E-state index is -0.00168. The molecule has 1 aromatic rings. The Morgan fingerprint density at radius 3 is 2.81 bits per heavy atom. The van der Waals surface area contributed by atoms with Crippen molar-refractivity contribution in [3.8, 4) is 0 Å². The summed E-state index contributed by atoms with van der Waals surface area (Å²) in [6.45, 7) is 2.76. The Bertz CT molecular complexity index is 608. The lowest BCUT2D eigenvalue weighted by molar-refractivity contribution is -0.140. The third-order valence-electron chi connectivity index (χ3n) is 5.52.